The average Bonchev–Trinajstić information content (AvgIpc) is 2.52. The summed E-state index contributed by atoms with van der Waals surface area (Å²) in [6.07, 6.45) is 0.657. The van der Waals surface area contributed by atoms with Crippen LogP contribution in [0.25, 0.3) is 10.9 Å². The van der Waals surface area contributed by atoms with Crippen LogP contribution in [0.5, 0.6) is 11.5 Å². The van der Waals surface area contributed by atoms with Gasteiger partial charge in [0, 0.05) is 11.5 Å². The lowest BCUT2D eigenvalue weighted by Crippen LogP contribution is -2.32. The zero-order chi connectivity index (χ0) is 17.0. The lowest BCUT2D eigenvalue weighted by molar-refractivity contribution is -0.144. The fourth-order valence-corrected chi connectivity index (χ4v) is 2.04. The molecule has 122 valence electrons. The van der Waals surface area contributed by atoms with E-state index in [0.717, 1.165) is 0 Å². The molecule has 23 heavy (non-hydrogen) atoms. The van der Waals surface area contributed by atoms with Crippen molar-refractivity contribution in [2.45, 2.75) is 12.5 Å². The number of carboxylic acid groups (broad SMARTS) is 2. The summed E-state index contributed by atoms with van der Waals surface area (Å²) in [4.78, 5) is 30.0. The largest absolute Gasteiger partial charge is 0.493 e. The van der Waals surface area contributed by atoms with Gasteiger partial charge < -0.3 is 25.0 Å². The zero-order valence-corrected chi connectivity index (χ0v) is 12.4. The Bertz CT molecular complexity index is 749. The Morgan fingerprint density at radius 1 is 1.17 bits per heavy atom. The van der Waals surface area contributed by atoms with E-state index in [1.54, 1.807) is 12.1 Å². The predicted octanol–water partition coefficient (Wildman–Crippen LogP) is 0.987. The number of aliphatic carboxylic acids is 2. The fraction of sp³-hybridized carbons (Fsp3) is 0.286. The highest BCUT2D eigenvalue weighted by Crippen LogP contribution is 2.33. The van der Waals surface area contributed by atoms with Crippen LogP contribution in [0.1, 0.15) is 6.42 Å². The molecule has 2 aromatic rings. The first kappa shape index (κ1) is 16.3. The van der Waals surface area contributed by atoms with Crippen LogP contribution < -0.4 is 14.8 Å². The molecule has 0 radical (unpaired) electrons. The highest BCUT2D eigenvalue weighted by Gasteiger charge is 2.22. The van der Waals surface area contributed by atoms with Gasteiger partial charge in [0.15, 0.2) is 11.5 Å². The van der Waals surface area contributed by atoms with Crippen LogP contribution in [-0.2, 0) is 9.59 Å². The maximum absolute atomic E-state index is 11.2. The number of nitrogens with one attached hydrogen (secondary N) is 1. The fourth-order valence-electron chi connectivity index (χ4n) is 2.04. The molecule has 1 unspecified atom stereocenters. The van der Waals surface area contributed by atoms with Crippen LogP contribution in [-0.4, -0.2) is 52.4 Å². The zero-order valence-electron chi connectivity index (χ0n) is 12.4. The van der Waals surface area contributed by atoms with Gasteiger partial charge in [-0.15, -0.1) is 0 Å². The second kappa shape index (κ2) is 6.77. The molecule has 2 rings (SSSR count). The van der Waals surface area contributed by atoms with E-state index in [1.165, 1.54) is 20.5 Å². The molecule has 0 saturated carbocycles. The van der Waals surface area contributed by atoms with Crippen molar-refractivity contribution in [3.05, 3.63) is 18.5 Å². The van der Waals surface area contributed by atoms with Crippen molar-refractivity contribution in [2.75, 3.05) is 19.5 Å². The van der Waals surface area contributed by atoms with Gasteiger partial charge in [-0.05, 0) is 6.07 Å². The lowest BCUT2D eigenvalue weighted by Gasteiger charge is -2.15. The summed E-state index contributed by atoms with van der Waals surface area (Å²) < 4.78 is 10.4. The number of aromatic nitrogens is 2. The molecule has 9 nitrogen and oxygen atoms in total. The maximum Gasteiger partial charge on any atom is 0.326 e. The summed E-state index contributed by atoms with van der Waals surface area (Å²) in [5, 5.41) is 21.0. The van der Waals surface area contributed by atoms with Crippen LogP contribution >= 0.6 is 0 Å². The molecule has 0 aliphatic carbocycles. The van der Waals surface area contributed by atoms with Crippen molar-refractivity contribution in [1.29, 1.82) is 0 Å². The Hall–Kier alpha value is -3.10. The van der Waals surface area contributed by atoms with E-state index in [2.05, 4.69) is 15.3 Å². The summed E-state index contributed by atoms with van der Waals surface area (Å²) in [5.41, 5.74) is 0.500. The Morgan fingerprint density at radius 3 is 2.39 bits per heavy atom. The second-order valence-electron chi connectivity index (χ2n) is 4.58. The molecule has 0 aliphatic rings. The number of hydrogen-bond donors (Lipinski definition) is 3. The van der Waals surface area contributed by atoms with Crippen molar-refractivity contribution in [3.63, 3.8) is 0 Å². The number of methoxy groups -OCH3 is 2. The molecular weight excluding hydrogens is 306 g/mol. The topological polar surface area (TPSA) is 131 Å². The quantitative estimate of drug-likeness (QED) is 0.683. The van der Waals surface area contributed by atoms with E-state index in [0.29, 0.717) is 22.4 Å². The number of benzene rings is 1. The Balaban J connectivity index is 2.47. The highest BCUT2D eigenvalue weighted by molar-refractivity contribution is 5.93. The lowest BCUT2D eigenvalue weighted by atomic mass is 10.1. The van der Waals surface area contributed by atoms with E-state index in [9.17, 15) is 9.59 Å². The molecular formula is C14H15N3O6. The molecule has 1 aromatic heterocycles. The molecule has 0 fully saturated rings. The molecule has 3 N–H and O–H groups in total. The molecule has 1 heterocycles. The maximum atomic E-state index is 11.2. The smallest absolute Gasteiger partial charge is 0.326 e. The van der Waals surface area contributed by atoms with E-state index < -0.39 is 24.4 Å². The van der Waals surface area contributed by atoms with Crippen LogP contribution in [0.2, 0.25) is 0 Å². The van der Waals surface area contributed by atoms with E-state index in [1.807, 2.05) is 0 Å². The van der Waals surface area contributed by atoms with Crippen molar-refractivity contribution < 1.29 is 29.3 Å². The summed E-state index contributed by atoms with van der Waals surface area (Å²) in [6, 6.07) is 1.89. The summed E-state index contributed by atoms with van der Waals surface area (Å²) in [7, 11) is 2.95. The first-order chi connectivity index (χ1) is 11.0. The molecule has 0 aliphatic heterocycles. The van der Waals surface area contributed by atoms with Crippen LogP contribution in [0.3, 0.4) is 0 Å². The molecule has 1 aromatic carbocycles. The summed E-state index contributed by atoms with van der Waals surface area (Å²) in [5.74, 6) is -1.44. The number of ether oxygens (including phenoxy) is 2. The minimum atomic E-state index is -1.32. The predicted molar refractivity (Wildman–Crippen MR) is 79.9 cm³/mol. The Kier molecular flexibility index (Phi) is 4.79. The van der Waals surface area contributed by atoms with Gasteiger partial charge in [0.05, 0.1) is 26.2 Å². The third-order valence-electron chi connectivity index (χ3n) is 3.13. The third-order valence-corrected chi connectivity index (χ3v) is 3.13. The molecule has 0 amide bonds. The molecule has 1 atom stereocenters. The van der Waals surface area contributed by atoms with Gasteiger partial charge in [-0.3, -0.25) is 4.79 Å². The van der Waals surface area contributed by atoms with Gasteiger partial charge in [-0.1, -0.05) is 0 Å². The molecule has 0 spiro atoms. The first-order valence-corrected chi connectivity index (χ1v) is 6.54. The number of nitrogens with zero attached hydrogens (tertiary/aromatic N) is 2. The number of carboxylic acids is 2. The van der Waals surface area contributed by atoms with Crippen LogP contribution in [0, 0.1) is 0 Å². The van der Waals surface area contributed by atoms with Gasteiger partial charge in [0.25, 0.3) is 0 Å². The highest BCUT2D eigenvalue weighted by atomic mass is 16.5. The van der Waals surface area contributed by atoms with Gasteiger partial charge in [-0.25, -0.2) is 14.8 Å². The number of fused-ring (bicyclic) bond motifs is 1. The molecule has 0 saturated heterocycles. The standard InChI is InChI=1S/C14H15N3O6/c1-22-10-3-7-8(4-11(10)23-2)15-6-16-13(7)17-9(14(20)21)5-12(18)19/h3-4,6,9H,5H2,1-2H3,(H,18,19)(H,20,21)(H,15,16,17). The van der Waals surface area contributed by atoms with Crippen LogP contribution in [0.15, 0.2) is 18.5 Å². The van der Waals surface area contributed by atoms with Crippen molar-refractivity contribution in [1.82, 2.24) is 9.97 Å². The summed E-state index contributed by atoms with van der Waals surface area (Å²) in [6.45, 7) is 0. The van der Waals surface area contributed by atoms with Gasteiger partial charge in [-0.2, -0.15) is 0 Å². The molecule has 9 heteroatoms. The average molecular weight is 321 g/mol. The minimum Gasteiger partial charge on any atom is -0.493 e. The Labute approximate surface area is 130 Å². The third kappa shape index (κ3) is 3.57. The molecule has 0 bridgehead atoms. The second-order valence-corrected chi connectivity index (χ2v) is 4.58. The van der Waals surface area contributed by atoms with Gasteiger partial charge in [0.1, 0.15) is 18.2 Å². The first-order valence-electron chi connectivity index (χ1n) is 6.54. The number of rotatable bonds is 7. The van der Waals surface area contributed by atoms with E-state index >= 15 is 0 Å². The minimum absolute atomic E-state index is 0.199. The van der Waals surface area contributed by atoms with Crippen LogP contribution in [0.4, 0.5) is 5.82 Å². The van der Waals surface area contributed by atoms with Crippen molar-refractivity contribution >= 4 is 28.7 Å². The summed E-state index contributed by atoms with van der Waals surface area (Å²) >= 11 is 0. The number of hydrogen-bond acceptors (Lipinski definition) is 7. The SMILES string of the molecule is COc1cc2ncnc(NC(CC(=O)O)C(=O)O)c2cc1OC. The van der Waals surface area contributed by atoms with Gasteiger partial charge in [0.2, 0.25) is 0 Å². The van der Waals surface area contributed by atoms with Gasteiger partial charge >= 0.3 is 11.9 Å². The number of carbonyl (C=O) groups is 2. The van der Waals surface area contributed by atoms with E-state index in [-0.39, 0.29) is 5.82 Å². The Morgan fingerprint density at radius 2 is 1.83 bits per heavy atom. The normalized spacial score (nSPS) is 11.7. The van der Waals surface area contributed by atoms with Crippen molar-refractivity contribution in [3.8, 4) is 11.5 Å². The number of anilines is 1. The van der Waals surface area contributed by atoms with E-state index in [4.69, 9.17) is 19.7 Å². The van der Waals surface area contributed by atoms with Crippen molar-refractivity contribution in [2.24, 2.45) is 0 Å². The monoisotopic (exact) mass is 321 g/mol.